The van der Waals surface area contributed by atoms with Gasteiger partial charge in [0.15, 0.2) is 0 Å². The number of carbonyl (C=O) groups is 2. The lowest BCUT2D eigenvalue weighted by Gasteiger charge is -2.16. The minimum absolute atomic E-state index is 0.0476. The fourth-order valence-corrected chi connectivity index (χ4v) is 4.88. The van der Waals surface area contributed by atoms with Crippen LogP contribution in [-0.2, 0) is 11.3 Å². The van der Waals surface area contributed by atoms with Gasteiger partial charge < -0.3 is 16.0 Å². The van der Waals surface area contributed by atoms with E-state index in [1.807, 2.05) is 36.0 Å². The van der Waals surface area contributed by atoms with Gasteiger partial charge in [-0.3, -0.25) is 4.79 Å². The Kier molecular flexibility index (Phi) is 5.87. The molecule has 2 aliphatic heterocycles. The number of urea groups is 1. The number of amides is 3. The number of unbranched alkanes of at least 4 members (excludes halogenated alkanes) is 1. The van der Waals surface area contributed by atoms with Gasteiger partial charge >= 0.3 is 6.03 Å². The van der Waals surface area contributed by atoms with Crippen molar-refractivity contribution < 1.29 is 9.59 Å². The second kappa shape index (κ2) is 8.30. The van der Waals surface area contributed by atoms with Gasteiger partial charge in [0.2, 0.25) is 5.91 Å². The van der Waals surface area contributed by atoms with E-state index in [2.05, 4.69) is 21.9 Å². The van der Waals surface area contributed by atoms with Crippen LogP contribution in [0.4, 0.5) is 4.79 Å². The summed E-state index contributed by atoms with van der Waals surface area (Å²) in [5.74, 6) is 3.64. The highest BCUT2D eigenvalue weighted by atomic mass is 32.2. The average Bonchev–Trinajstić information content (AvgIpc) is 3.16. The smallest absolute Gasteiger partial charge is 0.315 e. The Balaban J connectivity index is 1.32. The largest absolute Gasteiger partial charge is 0.352 e. The molecule has 3 rings (SSSR count). The van der Waals surface area contributed by atoms with Gasteiger partial charge in [0.1, 0.15) is 0 Å². The topological polar surface area (TPSA) is 70.2 Å². The highest BCUT2D eigenvalue weighted by molar-refractivity contribution is 8.00. The molecule has 2 heterocycles. The Morgan fingerprint density at radius 2 is 2.24 bits per heavy atom. The van der Waals surface area contributed by atoms with E-state index in [9.17, 15) is 9.59 Å². The van der Waals surface area contributed by atoms with E-state index in [0.717, 1.165) is 36.1 Å². The molecule has 3 atom stereocenters. The van der Waals surface area contributed by atoms with Crippen molar-refractivity contribution in [2.24, 2.45) is 0 Å². The molecule has 1 aromatic carbocycles. The molecule has 0 saturated carbocycles. The van der Waals surface area contributed by atoms with Crippen LogP contribution in [0.3, 0.4) is 0 Å². The molecule has 0 radical (unpaired) electrons. The number of benzene rings is 1. The first-order valence-corrected chi connectivity index (χ1v) is 9.71. The predicted molar refractivity (Wildman–Crippen MR) is 100 cm³/mol. The van der Waals surface area contributed by atoms with Crippen molar-refractivity contribution in [3.8, 4) is 12.3 Å². The van der Waals surface area contributed by atoms with E-state index in [-0.39, 0.29) is 24.0 Å². The van der Waals surface area contributed by atoms with Crippen molar-refractivity contribution >= 4 is 23.7 Å². The standard InChI is InChI=1S/C19H23N3O2S/c1-2-13-6-5-7-14(10-13)11-20-17(23)9-4-3-8-16-18-15(12-25-16)21-19(24)22-18/h1,5-7,10,15-16,18H,3-4,8-9,11-12H2,(H,20,23)(H2,21,22,24)/t15-,16-,18-/m0/s1. The lowest BCUT2D eigenvalue weighted by Crippen LogP contribution is -2.36. The van der Waals surface area contributed by atoms with Gasteiger partial charge in [-0.05, 0) is 30.5 Å². The van der Waals surface area contributed by atoms with Crippen molar-refractivity contribution in [1.29, 1.82) is 0 Å². The maximum atomic E-state index is 12.0. The summed E-state index contributed by atoms with van der Waals surface area (Å²) in [6.07, 6.45) is 8.81. The van der Waals surface area contributed by atoms with Crippen molar-refractivity contribution in [3.05, 3.63) is 35.4 Å². The minimum Gasteiger partial charge on any atom is -0.352 e. The van der Waals surface area contributed by atoms with Crippen LogP contribution < -0.4 is 16.0 Å². The molecule has 3 amide bonds. The van der Waals surface area contributed by atoms with Gasteiger partial charge in [-0.1, -0.05) is 24.5 Å². The number of terminal acetylenes is 1. The summed E-state index contributed by atoms with van der Waals surface area (Å²) in [6, 6.07) is 8.11. The molecule has 25 heavy (non-hydrogen) atoms. The van der Waals surface area contributed by atoms with Crippen molar-refractivity contribution in [3.63, 3.8) is 0 Å². The molecule has 132 valence electrons. The van der Waals surface area contributed by atoms with Gasteiger partial charge in [0.25, 0.3) is 0 Å². The second-order valence-electron chi connectivity index (χ2n) is 6.49. The van der Waals surface area contributed by atoms with Gasteiger partial charge in [-0.25, -0.2) is 4.79 Å². The zero-order chi connectivity index (χ0) is 17.6. The Morgan fingerprint density at radius 1 is 1.36 bits per heavy atom. The summed E-state index contributed by atoms with van der Waals surface area (Å²) < 4.78 is 0. The molecular weight excluding hydrogens is 334 g/mol. The Morgan fingerprint density at radius 3 is 3.08 bits per heavy atom. The maximum absolute atomic E-state index is 12.0. The normalized spacial score (nSPS) is 24.1. The van der Waals surface area contributed by atoms with E-state index in [1.54, 1.807) is 0 Å². The molecule has 0 aromatic heterocycles. The molecule has 2 aliphatic rings. The maximum Gasteiger partial charge on any atom is 0.315 e. The molecule has 0 aliphatic carbocycles. The number of fused-ring (bicyclic) bond motifs is 1. The van der Waals surface area contributed by atoms with Gasteiger partial charge in [-0.15, -0.1) is 6.42 Å². The van der Waals surface area contributed by atoms with Crippen LogP contribution in [-0.4, -0.2) is 35.0 Å². The zero-order valence-electron chi connectivity index (χ0n) is 14.1. The SMILES string of the molecule is C#Cc1cccc(CNC(=O)CCCC[C@@H]2SC[C@@H]3NC(=O)N[C@@H]32)c1. The van der Waals surface area contributed by atoms with Gasteiger partial charge in [0.05, 0.1) is 12.1 Å². The summed E-state index contributed by atoms with van der Waals surface area (Å²) in [4.78, 5) is 23.3. The minimum atomic E-state index is -0.0476. The molecule has 5 nitrogen and oxygen atoms in total. The molecule has 0 bridgehead atoms. The zero-order valence-corrected chi connectivity index (χ0v) is 14.9. The molecule has 0 spiro atoms. The van der Waals surface area contributed by atoms with Crippen LogP contribution in [0, 0.1) is 12.3 Å². The van der Waals surface area contributed by atoms with Gasteiger partial charge in [-0.2, -0.15) is 11.8 Å². The van der Waals surface area contributed by atoms with Crippen molar-refractivity contribution in [2.75, 3.05) is 5.75 Å². The van der Waals surface area contributed by atoms with Crippen molar-refractivity contribution in [2.45, 2.75) is 49.6 Å². The fraction of sp³-hybridized carbons (Fsp3) is 0.474. The number of thioether (sulfide) groups is 1. The number of rotatable bonds is 7. The first-order valence-electron chi connectivity index (χ1n) is 8.66. The summed E-state index contributed by atoms with van der Waals surface area (Å²) in [5.41, 5.74) is 1.84. The summed E-state index contributed by atoms with van der Waals surface area (Å²) in [7, 11) is 0. The van der Waals surface area contributed by atoms with E-state index < -0.39 is 0 Å². The third-order valence-corrected chi connectivity index (χ3v) is 6.17. The highest BCUT2D eigenvalue weighted by Gasteiger charge is 2.42. The first-order chi connectivity index (χ1) is 12.2. The van der Waals surface area contributed by atoms with Gasteiger partial charge in [0, 0.05) is 29.5 Å². The van der Waals surface area contributed by atoms with Crippen LogP contribution >= 0.6 is 11.8 Å². The van der Waals surface area contributed by atoms with E-state index in [4.69, 9.17) is 6.42 Å². The number of hydrogen-bond donors (Lipinski definition) is 3. The molecule has 2 saturated heterocycles. The predicted octanol–water partition coefficient (Wildman–Crippen LogP) is 2.01. The van der Waals surface area contributed by atoms with Crippen LogP contribution in [0.15, 0.2) is 24.3 Å². The molecule has 2 fully saturated rings. The summed E-state index contributed by atoms with van der Waals surface area (Å²) >= 11 is 1.91. The highest BCUT2D eigenvalue weighted by Crippen LogP contribution is 2.33. The van der Waals surface area contributed by atoms with Crippen molar-refractivity contribution in [1.82, 2.24) is 16.0 Å². The second-order valence-corrected chi connectivity index (χ2v) is 7.76. The lowest BCUT2D eigenvalue weighted by atomic mass is 10.0. The molecule has 3 N–H and O–H groups in total. The monoisotopic (exact) mass is 357 g/mol. The molecule has 6 heteroatoms. The summed E-state index contributed by atoms with van der Waals surface area (Å²) in [6.45, 7) is 0.508. The Hall–Kier alpha value is -2.13. The third kappa shape index (κ3) is 4.70. The number of carbonyl (C=O) groups excluding carboxylic acids is 2. The molecular formula is C19H23N3O2S. The number of hydrogen-bond acceptors (Lipinski definition) is 3. The molecule has 1 aromatic rings. The Labute approximate surface area is 152 Å². The van der Waals surface area contributed by atoms with Crippen LogP contribution in [0.5, 0.6) is 0 Å². The quantitative estimate of drug-likeness (QED) is 0.397. The van der Waals surface area contributed by atoms with E-state index in [0.29, 0.717) is 18.2 Å². The van der Waals surface area contributed by atoms with E-state index >= 15 is 0 Å². The fourth-order valence-electron chi connectivity index (χ4n) is 3.33. The van der Waals surface area contributed by atoms with Crippen LogP contribution in [0.25, 0.3) is 0 Å². The van der Waals surface area contributed by atoms with Crippen LogP contribution in [0.2, 0.25) is 0 Å². The first kappa shape index (κ1) is 17.7. The summed E-state index contributed by atoms with van der Waals surface area (Å²) in [5, 5.41) is 9.35. The third-order valence-electron chi connectivity index (χ3n) is 4.66. The molecule has 0 unspecified atom stereocenters. The van der Waals surface area contributed by atoms with E-state index in [1.165, 1.54) is 0 Å². The van der Waals surface area contributed by atoms with Crippen LogP contribution in [0.1, 0.15) is 36.8 Å². The average molecular weight is 357 g/mol. The Bertz CT molecular complexity index is 685. The lowest BCUT2D eigenvalue weighted by molar-refractivity contribution is -0.121. The number of nitrogens with one attached hydrogen (secondary N) is 3.